The molecule has 0 unspecified atom stereocenters. The van der Waals surface area contributed by atoms with E-state index in [1.807, 2.05) is 0 Å². The molecule has 0 aromatic heterocycles. The Balaban J connectivity index is 0. The molecule has 0 bridgehead atoms. The molecule has 0 radical (unpaired) electrons. The summed E-state index contributed by atoms with van der Waals surface area (Å²) in [6.07, 6.45) is 5.15. The van der Waals surface area contributed by atoms with Crippen LogP contribution in [-0.2, 0) is 0 Å². The average molecular weight is 126 g/mol. The number of hydrogen-bond acceptors (Lipinski definition) is 0. The van der Waals surface area contributed by atoms with Crippen LogP contribution >= 0.6 is 0 Å². The third-order valence-corrected chi connectivity index (χ3v) is 0.750. The largest absolute Gasteiger partial charge is 0.343 e. The standard InChI is InChI=1S/C5H10.C4H8/c1-3-5-4-2;1-3-4-2/h1-5H2;1-4H2. The molecule has 0 nitrogen and oxygen atoms in total. The van der Waals surface area contributed by atoms with E-state index in [-0.39, 0.29) is 0 Å². The van der Waals surface area contributed by atoms with Gasteiger partial charge in [0.15, 0.2) is 0 Å². The molecule has 0 aliphatic rings. The Morgan fingerprint density at radius 1 is 0.889 bits per heavy atom. The summed E-state index contributed by atoms with van der Waals surface area (Å²) in [5.41, 5.74) is 0. The molecule has 0 spiro atoms. The summed E-state index contributed by atoms with van der Waals surface area (Å²) in [6, 6.07) is 0. The first-order chi connectivity index (χ1) is 4.33. The zero-order chi connectivity index (χ0) is 7.54. The van der Waals surface area contributed by atoms with Crippen LogP contribution in [0.5, 0.6) is 0 Å². The molecule has 0 heterocycles. The van der Waals surface area contributed by atoms with E-state index in [1.54, 1.807) is 0 Å². The summed E-state index contributed by atoms with van der Waals surface area (Å²) in [5.74, 6) is 0. The van der Waals surface area contributed by atoms with Crippen LogP contribution in [0.25, 0.3) is 0 Å². The van der Waals surface area contributed by atoms with E-state index in [1.165, 1.54) is 6.42 Å². The Morgan fingerprint density at radius 2 is 1.33 bits per heavy atom. The van der Waals surface area contributed by atoms with Crippen molar-refractivity contribution in [1.29, 1.82) is 0 Å². The minimum absolute atomic E-state index is 0.958. The number of hydrogen-bond donors (Lipinski definition) is 0. The van der Waals surface area contributed by atoms with Crippen molar-refractivity contribution in [2.24, 2.45) is 0 Å². The average Bonchev–Trinajstić information content (AvgIpc) is 1.91. The van der Waals surface area contributed by atoms with E-state index in [0.717, 1.165) is 25.7 Å². The fraction of sp³-hybridized carbons (Fsp3) is 0.556. The van der Waals surface area contributed by atoms with Crippen molar-refractivity contribution in [2.45, 2.75) is 32.1 Å². The van der Waals surface area contributed by atoms with Crippen LogP contribution in [-0.4, -0.2) is 0 Å². The molecule has 54 valence electrons. The Morgan fingerprint density at radius 3 is 1.33 bits per heavy atom. The van der Waals surface area contributed by atoms with Crippen LogP contribution in [0.3, 0.4) is 0 Å². The van der Waals surface area contributed by atoms with Crippen molar-refractivity contribution >= 4 is 0 Å². The van der Waals surface area contributed by atoms with E-state index in [2.05, 4.69) is 27.7 Å². The second kappa shape index (κ2) is 15.6. The van der Waals surface area contributed by atoms with E-state index >= 15 is 0 Å². The van der Waals surface area contributed by atoms with Gasteiger partial charge in [0, 0.05) is 0 Å². The molecule has 0 aromatic carbocycles. The topological polar surface area (TPSA) is 0 Å². The highest BCUT2D eigenvalue weighted by Crippen LogP contribution is 1.87. The summed E-state index contributed by atoms with van der Waals surface area (Å²) in [5, 5.41) is 0. The summed E-state index contributed by atoms with van der Waals surface area (Å²) in [6.45, 7) is 14.4. The fourth-order valence-corrected chi connectivity index (χ4v) is 0.177. The second-order valence-corrected chi connectivity index (χ2v) is 1.77. The lowest BCUT2D eigenvalue weighted by molar-refractivity contribution is 0.864. The van der Waals surface area contributed by atoms with Gasteiger partial charge < -0.3 is 13.8 Å². The molecule has 0 saturated heterocycles. The Hall–Kier alpha value is -0.260. The summed E-state index contributed by atoms with van der Waals surface area (Å²) in [7, 11) is 0. The van der Waals surface area contributed by atoms with Crippen molar-refractivity contribution in [3.63, 3.8) is 0 Å². The monoisotopic (exact) mass is 126 g/mol. The molecule has 0 rings (SSSR count). The van der Waals surface area contributed by atoms with Gasteiger partial charge in [0.1, 0.15) is 0 Å². The lowest BCUT2D eigenvalue weighted by atomic mass is 10.3. The first kappa shape index (κ1) is 11.5. The number of rotatable bonds is 3. The maximum Gasteiger partial charge on any atom is 0.0826 e. The summed E-state index contributed by atoms with van der Waals surface area (Å²) < 4.78 is 0. The van der Waals surface area contributed by atoms with Crippen molar-refractivity contribution < 1.29 is 0 Å². The molecule has 0 aliphatic carbocycles. The van der Waals surface area contributed by atoms with Gasteiger partial charge in [-0.15, -0.1) is 6.42 Å². The van der Waals surface area contributed by atoms with Gasteiger partial charge in [0.25, 0.3) is 0 Å². The van der Waals surface area contributed by atoms with E-state index in [0.29, 0.717) is 0 Å². The van der Waals surface area contributed by atoms with E-state index < -0.39 is 0 Å². The lowest BCUT2D eigenvalue weighted by Crippen LogP contribution is -1.60. The van der Waals surface area contributed by atoms with E-state index in [9.17, 15) is 0 Å². The van der Waals surface area contributed by atoms with Gasteiger partial charge in [-0.05, 0) is 6.42 Å². The molecule has 9 heavy (non-hydrogen) atoms. The van der Waals surface area contributed by atoms with Gasteiger partial charge in [-0.3, -0.25) is 0 Å². The molecule has 0 heteroatoms. The Labute approximate surface area is 60.7 Å². The van der Waals surface area contributed by atoms with Gasteiger partial charge in [-0.25, -0.2) is 0 Å². The summed E-state index contributed by atoms with van der Waals surface area (Å²) >= 11 is 0. The van der Waals surface area contributed by atoms with Crippen molar-refractivity contribution in [1.82, 2.24) is 0 Å². The minimum atomic E-state index is 0.958. The lowest BCUT2D eigenvalue weighted by Gasteiger charge is -1.81. The van der Waals surface area contributed by atoms with Crippen LogP contribution in [0, 0.1) is 27.7 Å². The summed E-state index contributed by atoms with van der Waals surface area (Å²) in [4.78, 5) is 0. The van der Waals surface area contributed by atoms with Crippen molar-refractivity contribution in [2.75, 3.05) is 0 Å². The quantitative estimate of drug-likeness (QED) is 0.509. The zero-order valence-electron chi connectivity index (χ0n) is 6.36. The predicted octanol–water partition coefficient (Wildman–Crippen LogP) is 3.26. The maximum absolute atomic E-state index is 3.64. The van der Waals surface area contributed by atoms with Crippen molar-refractivity contribution in [3.8, 4) is 0 Å². The second-order valence-electron chi connectivity index (χ2n) is 1.77. The molecule has 0 aromatic rings. The van der Waals surface area contributed by atoms with Crippen LogP contribution in [0.2, 0.25) is 0 Å². The van der Waals surface area contributed by atoms with Gasteiger partial charge in [-0.2, -0.15) is 6.42 Å². The van der Waals surface area contributed by atoms with Crippen LogP contribution in [0.4, 0.5) is 0 Å². The Kier molecular flexibility index (Phi) is 20.0. The zero-order valence-corrected chi connectivity index (χ0v) is 6.36. The third kappa shape index (κ3) is 34.0. The highest BCUT2D eigenvalue weighted by Gasteiger charge is 1.69. The maximum atomic E-state index is 3.64. The molecule has 0 fully saturated rings. The highest BCUT2D eigenvalue weighted by atomic mass is 13.7. The SMILES string of the molecule is [CH2+]CCC[CH2-].[CH2+]CC[CH2-]. The highest BCUT2D eigenvalue weighted by molar-refractivity contribution is 4.41. The fourth-order valence-electron chi connectivity index (χ4n) is 0.177. The van der Waals surface area contributed by atoms with Crippen LogP contribution in [0.15, 0.2) is 0 Å². The van der Waals surface area contributed by atoms with Crippen molar-refractivity contribution in [3.05, 3.63) is 27.7 Å². The number of unbranched alkanes of at least 4 members (excludes halogenated alkanes) is 3. The van der Waals surface area contributed by atoms with Gasteiger partial charge in [0.05, 0.1) is 26.7 Å². The molecular weight excluding hydrogens is 108 g/mol. The van der Waals surface area contributed by atoms with Gasteiger partial charge in [0.2, 0.25) is 0 Å². The molecule has 0 N–H and O–H groups in total. The minimum Gasteiger partial charge on any atom is -0.343 e. The van der Waals surface area contributed by atoms with Gasteiger partial charge >= 0.3 is 0 Å². The normalized spacial score (nSPS) is 7.78. The van der Waals surface area contributed by atoms with Gasteiger partial charge in [-0.1, -0.05) is 0 Å². The Bertz CT molecular complexity index is 19.2. The van der Waals surface area contributed by atoms with Crippen LogP contribution in [0.1, 0.15) is 32.1 Å². The molecular formula is C9H18. The third-order valence-electron chi connectivity index (χ3n) is 0.750. The van der Waals surface area contributed by atoms with Crippen LogP contribution < -0.4 is 0 Å². The molecule has 0 saturated carbocycles. The molecule has 0 atom stereocenters. The first-order valence-electron chi connectivity index (χ1n) is 3.50. The molecule has 0 aliphatic heterocycles. The smallest absolute Gasteiger partial charge is 0.0826 e. The van der Waals surface area contributed by atoms with E-state index in [4.69, 9.17) is 0 Å². The molecule has 0 amide bonds. The first-order valence-corrected chi connectivity index (χ1v) is 3.50. The predicted molar refractivity (Wildman–Crippen MR) is 44.5 cm³/mol.